The number of rotatable bonds is 4. The van der Waals surface area contributed by atoms with E-state index in [1.54, 1.807) is 4.90 Å². The molecule has 1 aromatic rings. The number of nitrogens with zero attached hydrogens (tertiary/aromatic N) is 1. The molecule has 1 heterocycles. The summed E-state index contributed by atoms with van der Waals surface area (Å²) in [4.78, 5) is 24.4. The van der Waals surface area contributed by atoms with Gasteiger partial charge in [0.1, 0.15) is 0 Å². The molecule has 0 aliphatic carbocycles. The van der Waals surface area contributed by atoms with Crippen LogP contribution in [0.2, 0.25) is 0 Å². The van der Waals surface area contributed by atoms with Crippen LogP contribution in [0.5, 0.6) is 0 Å². The summed E-state index contributed by atoms with van der Waals surface area (Å²) >= 11 is 1.15. The highest BCUT2D eigenvalue weighted by Gasteiger charge is 2.25. The standard InChI is InChI=1S/C14H17NO3S/c1-10-6-7-15(12-5-3-2-4-11(10)12)13(16)8-19-9-14(17)18/h2-5,10H,6-9H2,1H3,(H,17,18). The van der Waals surface area contributed by atoms with E-state index in [0.29, 0.717) is 12.5 Å². The van der Waals surface area contributed by atoms with Crippen molar-refractivity contribution in [3.8, 4) is 0 Å². The SMILES string of the molecule is CC1CCN(C(=O)CSCC(=O)O)c2ccccc21. The molecule has 5 heteroatoms. The Hall–Kier alpha value is -1.49. The molecule has 1 aliphatic heterocycles. The van der Waals surface area contributed by atoms with Crippen molar-refractivity contribution in [1.82, 2.24) is 0 Å². The maximum atomic E-state index is 12.2. The molecule has 1 N–H and O–H groups in total. The molecule has 0 saturated heterocycles. The third kappa shape index (κ3) is 3.29. The molecular weight excluding hydrogens is 262 g/mol. The van der Waals surface area contributed by atoms with Crippen LogP contribution in [-0.4, -0.2) is 35.0 Å². The third-order valence-corrected chi connectivity index (χ3v) is 4.20. The monoisotopic (exact) mass is 279 g/mol. The number of carbonyl (C=O) groups excluding carboxylic acids is 1. The van der Waals surface area contributed by atoms with E-state index in [4.69, 9.17) is 5.11 Å². The second-order valence-electron chi connectivity index (χ2n) is 4.68. The molecule has 0 aromatic heterocycles. The van der Waals surface area contributed by atoms with Gasteiger partial charge >= 0.3 is 5.97 Å². The Morgan fingerprint density at radius 3 is 2.84 bits per heavy atom. The van der Waals surface area contributed by atoms with Gasteiger partial charge < -0.3 is 10.0 Å². The minimum Gasteiger partial charge on any atom is -0.481 e. The summed E-state index contributed by atoms with van der Waals surface area (Å²) < 4.78 is 0. The first-order valence-corrected chi connectivity index (χ1v) is 7.44. The zero-order valence-corrected chi connectivity index (χ0v) is 11.7. The van der Waals surface area contributed by atoms with Crippen molar-refractivity contribution in [1.29, 1.82) is 0 Å². The number of benzene rings is 1. The second-order valence-corrected chi connectivity index (χ2v) is 5.67. The second kappa shape index (κ2) is 6.10. The summed E-state index contributed by atoms with van der Waals surface area (Å²) in [5.41, 5.74) is 2.17. The Morgan fingerprint density at radius 2 is 2.11 bits per heavy atom. The first-order valence-electron chi connectivity index (χ1n) is 6.28. The van der Waals surface area contributed by atoms with Crippen molar-refractivity contribution >= 4 is 29.3 Å². The van der Waals surface area contributed by atoms with E-state index in [1.807, 2.05) is 18.2 Å². The fourth-order valence-electron chi connectivity index (χ4n) is 2.31. The predicted molar refractivity (Wildman–Crippen MR) is 76.8 cm³/mol. The summed E-state index contributed by atoms with van der Waals surface area (Å²) in [7, 11) is 0. The van der Waals surface area contributed by atoms with Gasteiger partial charge in [-0.05, 0) is 24.0 Å². The van der Waals surface area contributed by atoms with Gasteiger partial charge in [0.2, 0.25) is 5.91 Å². The Bertz CT molecular complexity index is 489. The summed E-state index contributed by atoms with van der Waals surface area (Å²) in [6, 6.07) is 7.94. The lowest BCUT2D eigenvalue weighted by atomic mass is 9.91. The lowest BCUT2D eigenvalue weighted by Gasteiger charge is -2.32. The number of hydrogen-bond donors (Lipinski definition) is 1. The van der Waals surface area contributed by atoms with Gasteiger partial charge in [0.05, 0.1) is 11.5 Å². The first kappa shape index (κ1) is 13.9. The van der Waals surface area contributed by atoms with Crippen LogP contribution in [0.25, 0.3) is 0 Å². The Labute approximate surface area is 116 Å². The largest absolute Gasteiger partial charge is 0.481 e. The molecule has 102 valence electrons. The van der Waals surface area contributed by atoms with Crippen LogP contribution >= 0.6 is 11.8 Å². The summed E-state index contributed by atoms with van der Waals surface area (Å²) in [6.45, 7) is 2.88. The number of amides is 1. The van der Waals surface area contributed by atoms with Gasteiger partial charge in [-0.25, -0.2) is 0 Å². The molecule has 1 aromatic carbocycles. The zero-order chi connectivity index (χ0) is 13.8. The molecule has 4 nitrogen and oxygen atoms in total. The predicted octanol–water partition coefficient (Wildman–Crippen LogP) is 2.34. The summed E-state index contributed by atoms with van der Waals surface area (Å²) in [5, 5.41) is 8.58. The van der Waals surface area contributed by atoms with Gasteiger partial charge in [0.15, 0.2) is 0 Å². The highest BCUT2D eigenvalue weighted by Crippen LogP contribution is 2.34. The van der Waals surface area contributed by atoms with E-state index in [-0.39, 0.29) is 17.4 Å². The molecule has 0 saturated carbocycles. The molecule has 1 unspecified atom stereocenters. The number of carboxylic acid groups (broad SMARTS) is 1. The van der Waals surface area contributed by atoms with E-state index in [2.05, 4.69) is 13.0 Å². The number of fused-ring (bicyclic) bond motifs is 1. The Morgan fingerprint density at radius 1 is 1.37 bits per heavy atom. The molecule has 0 bridgehead atoms. The number of carbonyl (C=O) groups is 2. The minimum atomic E-state index is -0.884. The molecule has 0 spiro atoms. The highest BCUT2D eigenvalue weighted by atomic mass is 32.2. The Kier molecular flexibility index (Phi) is 4.47. The smallest absolute Gasteiger partial charge is 0.313 e. The van der Waals surface area contributed by atoms with Crippen molar-refractivity contribution in [2.45, 2.75) is 19.3 Å². The van der Waals surface area contributed by atoms with Crippen molar-refractivity contribution in [3.63, 3.8) is 0 Å². The van der Waals surface area contributed by atoms with Crippen molar-refractivity contribution < 1.29 is 14.7 Å². The van der Waals surface area contributed by atoms with E-state index < -0.39 is 5.97 Å². The van der Waals surface area contributed by atoms with Crippen LogP contribution < -0.4 is 4.90 Å². The molecular formula is C14H17NO3S. The van der Waals surface area contributed by atoms with Gasteiger partial charge in [-0.15, -0.1) is 11.8 Å². The van der Waals surface area contributed by atoms with E-state index >= 15 is 0 Å². The number of thioether (sulfide) groups is 1. The number of anilines is 1. The number of hydrogen-bond acceptors (Lipinski definition) is 3. The van der Waals surface area contributed by atoms with Crippen molar-refractivity contribution in [3.05, 3.63) is 29.8 Å². The molecule has 0 fully saturated rings. The normalized spacial score (nSPS) is 17.9. The van der Waals surface area contributed by atoms with Crippen LogP contribution in [0.1, 0.15) is 24.8 Å². The fourth-order valence-corrected chi connectivity index (χ4v) is 2.92. The van der Waals surface area contributed by atoms with Crippen LogP contribution in [0.3, 0.4) is 0 Å². The van der Waals surface area contributed by atoms with Gasteiger partial charge in [0, 0.05) is 12.2 Å². The summed E-state index contributed by atoms with van der Waals surface area (Å²) in [6.07, 6.45) is 0.951. The van der Waals surface area contributed by atoms with Crippen LogP contribution in [-0.2, 0) is 9.59 Å². The minimum absolute atomic E-state index is 0.00870. The average Bonchev–Trinajstić information content (AvgIpc) is 2.39. The van der Waals surface area contributed by atoms with Crippen LogP contribution in [0.15, 0.2) is 24.3 Å². The molecule has 2 rings (SSSR count). The van der Waals surface area contributed by atoms with Crippen molar-refractivity contribution in [2.75, 3.05) is 23.0 Å². The molecule has 0 radical (unpaired) electrons. The molecule has 1 aliphatic rings. The van der Waals surface area contributed by atoms with Crippen molar-refractivity contribution in [2.24, 2.45) is 0 Å². The first-order chi connectivity index (χ1) is 9.09. The van der Waals surface area contributed by atoms with Gasteiger partial charge in [-0.2, -0.15) is 0 Å². The van der Waals surface area contributed by atoms with Gasteiger partial charge in [0.25, 0.3) is 0 Å². The van der Waals surface area contributed by atoms with Gasteiger partial charge in [-0.3, -0.25) is 9.59 Å². The maximum Gasteiger partial charge on any atom is 0.313 e. The quantitative estimate of drug-likeness (QED) is 0.919. The average molecular weight is 279 g/mol. The number of para-hydroxylation sites is 1. The lowest BCUT2D eigenvalue weighted by molar-refractivity contribution is -0.133. The molecule has 1 amide bonds. The van der Waals surface area contributed by atoms with Gasteiger partial charge in [-0.1, -0.05) is 25.1 Å². The van der Waals surface area contributed by atoms with E-state index in [1.165, 1.54) is 5.56 Å². The Balaban J connectivity index is 2.07. The fraction of sp³-hybridized carbons (Fsp3) is 0.429. The number of aliphatic carboxylic acids is 1. The van der Waals surface area contributed by atoms with Crippen LogP contribution in [0, 0.1) is 0 Å². The van der Waals surface area contributed by atoms with Crippen LogP contribution in [0.4, 0.5) is 5.69 Å². The van der Waals surface area contributed by atoms with E-state index in [9.17, 15) is 9.59 Å². The maximum absolute atomic E-state index is 12.2. The topological polar surface area (TPSA) is 57.6 Å². The third-order valence-electron chi connectivity index (χ3n) is 3.30. The lowest BCUT2D eigenvalue weighted by Crippen LogP contribution is -2.37. The van der Waals surface area contributed by atoms with E-state index in [0.717, 1.165) is 23.9 Å². The molecule has 19 heavy (non-hydrogen) atoms. The summed E-state index contributed by atoms with van der Waals surface area (Å²) in [5.74, 6) is -0.241. The zero-order valence-electron chi connectivity index (χ0n) is 10.8. The highest BCUT2D eigenvalue weighted by molar-refractivity contribution is 8.00. The molecule has 1 atom stereocenters. The number of carboxylic acids is 1.